The number of piperazine rings is 1. The van der Waals surface area contributed by atoms with Crippen molar-refractivity contribution < 1.29 is 8.42 Å². The molecule has 118 valence electrons. The van der Waals surface area contributed by atoms with Crippen molar-refractivity contribution in [3.63, 3.8) is 0 Å². The highest BCUT2D eigenvalue weighted by Crippen LogP contribution is 2.28. The van der Waals surface area contributed by atoms with Crippen LogP contribution in [0.5, 0.6) is 0 Å². The molecule has 0 amide bonds. The third kappa shape index (κ3) is 3.24. The first kappa shape index (κ1) is 16.7. The quantitative estimate of drug-likeness (QED) is 0.910. The number of rotatable bonds is 3. The van der Waals surface area contributed by atoms with Crippen molar-refractivity contribution in [2.45, 2.75) is 31.3 Å². The zero-order valence-corrected chi connectivity index (χ0v) is 14.2. The number of hydrogen-bond acceptors (Lipinski definition) is 4. The topological polar surface area (TPSA) is 66.6 Å². The van der Waals surface area contributed by atoms with Gasteiger partial charge in [0, 0.05) is 37.2 Å². The van der Waals surface area contributed by atoms with E-state index in [2.05, 4.69) is 4.90 Å². The molecule has 1 fully saturated rings. The van der Waals surface area contributed by atoms with Crippen LogP contribution in [0.25, 0.3) is 0 Å². The molecule has 7 heteroatoms. The minimum absolute atomic E-state index is 0.196. The molecule has 1 atom stereocenters. The summed E-state index contributed by atoms with van der Waals surface area (Å²) in [6, 6.07) is 3.44. The Morgan fingerprint density at radius 2 is 2.05 bits per heavy atom. The van der Waals surface area contributed by atoms with E-state index >= 15 is 0 Å². The molecule has 1 unspecified atom stereocenters. The van der Waals surface area contributed by atoms with Gasteiger partial charge < -0.3 is 10.6 Å². The smallest absolute Gasteiger partial charge is 0.243 e. The minimum atomic E-state index is -3.54. The summed E-state index contributed by atoms with van der Waals surface area (Å²) in [5.74, 6) is 0. The maximum atomic E-state index is 12.9. The predicted molar refractivity (Wildman–Crippen MR) is 84.9 cm³/mol. The first-order valence-corrected chi connectivity index (χ1v) is 8.78. The van der Waals surface area contributed by atoms with Crippen molar-refractivity contribution in [3.05, 3.63) is 28.3 Å². The lowest BCUT2D eigenvalue weighted by Crippen LogP contribution is -2.51. The van der Waals surface area contributed by atoms with Crippen LogP contribution in [0.3, 0.4) is 0 Å². The number of benzene rings is 1. The molecule has 1 aromatic carbocycles. The molecule has 0 radical (unpaired) electrons. The van der Waals surface area contributed by atoms with Crippen LogP contribution in [0.1, 0.15) is 18.1 Å². The molecule has 1 aromatic rings. The second kappa shape index (κ2) is 6.22. The Hall–Kier alpha value is -0.660. The molecule has 0 saturated carbocycles. The number of hydrogen-bond donors (Lipinski definition) is 1. The lowest BCUT2D eigenvalue weighted by Gasteiger charge is -2.37. The standard InChI is InChI=1S/C14H22ClN3O2S/c1-10-9-18(5-4-17(10)3)21(19,20)14-7-13(15)6-12(8-16)11(14)2/h6-7,10H,4-5,8-9,16H2,1-3H3. The Bertz CT molecular complexity index is 633. The second-order valence-corrected chi connectivity index (χ2v) is 7.93. The fraction of sp³-hybridized carbons (Fsp3) is 0.571. The summed E-state index contributed by atoms with van der Waals surface area (Å²) < 4.78 is 27.3. The van der Waals surface area contributed by atoms with Crippen molar-refractivity contribution in [3.8, 4) is 0 Å². The largest absolute Gasteiger partial charge is 0.326 e. The summed E-state index contributed by atoms with van der Waals surface area (Å²) >= 11 is 6.05. The molecule has 1 aliphatic rings. The Balaban J connectivity index is 2.43. The predicted octanol–water partition coefficient (Wildman–Crippen LogP) is 1.43. The van der Waals surface area contributed by atoms with E-state index in [1.165, 1.54) is 10.4 Å². The minimum Gasteiger partial charge on any atom is -0.326 e. The van der Waals surface area contributed by atoms with Gasteiger partial charge in [-0.3, -0.25) is 0 Å². The number of halogens is 1. The molecule has 0 spiro atoms. The van der Waals surface area contributed by atoms with E-state index in [9.17, 15) is 8.42 Å². The van der Waals surface area contributed by atoms with Gasteiger partial charge in [-0.15, -0.1) is 0 Å². The molecule has 2 rings (SSSR count). The monoisotopic (exact) mass is 331 g/mol. The van der Waals surface area contributed by atoms with Gasteiger partial charge >= 0.3 is 0 Å². The van der Waals surface area contributed by atoms with Gasteiger partial charge in [0.25, 0.3) is 0 Å². The van der Waals surface area contributed by atoms with Gasteiger partial charge in [-0.05, 0) is 44.2 Å². The van der Waals surface area contributed by atoms with Crippen LogP contribution in [0.4, 0.5) is 0 Å². The average Bonchev–Trinajstić information content (AvgIpc) is 2.43. The Kier molecular flexibility index (Phi) is 4.95. The van der Waals surface area contributed by atoms with Crippen LogP contribution in [0.2, 0.25) is 5.02 Å². The van der Waals surface area contributed by atoms with E-state index in [0.29, 0.717) is 23.7 Å². The van der Waals surface area contributed by atoms with E-state index in [1.807, 2.05) is 14.0 Å². The van der Waals surface area contributed by atoms with Crippen molar-refractivity contribution in [1.29, 1.82) is 0 Å². The fourth-order valence-corrected chi connectivity index (χ4v) is 4.67. The molecule has 1 saturated heterocycles. The molecule has 21 heavy (non-hydrogen) atoms. The Labute approximate surface area is 131 Å². The third-order valence-corrected chi connectivity index (χ3v) is 6.40. The lowest BCUT2D eigenvalue weighted by atomic mass is 10.1. The Morgan fingerprint density at radius 3 is 2.62 bits per heavy atom. The maximum absolute atomic E-state index is 12.9. The summed E-state index contributed by atoms with van der Waals surface area (Å²) in [5, 5.41) is 0.404. The average molecular weight is 332 g/mol. The number of nitrogens with two attached hydrogens (primary N) is 1. The molecule has 5 nitrogen and oxygen atoms in total. The van der Waals surface area contributed by atoms with Crippen LogP contribution in [-0.4, -0.2) is 50.3 Å². The van der Waals surface area contributed by atoms with Gasteiger partial charge in [0.1, 0.15) is 0 Å². The number of sulfonamides is 1. The maximum Gasteiger partial charge on any atom is 0.243 e. The van der Waals surface area contributed by atoms with Crippen molar-refractivity contribution >= 4 is 21.6 Å². The van der Waals surface area contributed by atoms with Crippen LogP contribution in [-0.2, 0) is 16.6 Å². The molecule has 0 aliphatic carbocycles. The summed E-state index contributed by atoms with van der Waals surface area (Å²) in [6.45, 7) is 5.79. The van der Waals surface area contributed by atoms with E-state index < -0.39 is 10.0 Å². The lowest BCUT2D eigenvalue weighted by molar-refractivity contribution is 0.159. The van der Waals surface area contributed by atoms with Crippen molar-refractivity contribution in [2.75, 3.05) is 26.7 Å². The van der Waals surface area contributed by atoms with Gasteiger partial charge in [-0.25, -0.2) is 8.42 Å². The van der Waals surface area contributed by atoms with Crippen LogP contribution < -0.4 is 5.73 Å². The van der Waals surface area contributed by atoms with Gasteiger partial charge in [0.05, 0.1) is 4.90 Å². The second-order valence-electron chi connectivity index (χ2n) is 5.58. The Morgan fingerprint density at radius 1 is 1.38 bits per heavy atom. The van der Waals surface area contributed by atoms with E-state index in [-0.39, 0.29) is 17.5 Å². The zero-order chi connectivity index (χ0) is 15.8. The molecule has 1 aliphatic heterocycles. The molecule has 0 bridgehead atoms. The van der Waals surface area contributed by atoms with Gasteiger partial charge in [0.2, 0.25) is 10.0 Å². The number of nitrogens with zero attached hydrogens (tertiary/aromatic N) is 2. The van der Waals surface area contributed by atoms with E-state index in [4.69, 9.17) is 17.3 Å². The van der Waals surface area contributed by atoms with Gasteiger partial charge in [-0.1, -0.05) is 11.6 Å². The highest BCUT2D eigenvalue weighted by Gasteiger charge is 2.32. The third-order valence-electron chi connectivity index (χ3n) is 4.19. The molecular weight excluding hydrogens is 310 g/mol. The fourth-order valence-electron chi connectivity index (χ4n) is 2.56. The highest BCUT2D eigenvalue weighted by atomic mass is 35.5. The summed E-state index contributed by atoms with van der Waals surface area (Å²) in [5.41, 5.74) is 7.13. The van der Waals surface area contributed by atoms with Crippen molar-refractivity contribution in [2.24, 2.45) is 5.73 Å². The normalized spacial score (nSPS) is 21.7. The highest BCUT2D eigenvalue weighted by molar-refractivity contribution is 7.89. The SMILES string of the molecule is Cc1c(CN)cc(Cl)cc1S(=O)(=O)N1CCN(C)C(C)C1. The van der Waals surface area contributed by atoms with Crippen molar-refractivity contribution in [1.82, 2.24) is 9.21 Å². The zero-order valence-electron chi connectivity index (χ0n) is 12.6. The van der Waals surface area contributed by atoms with E-state index in [1.54, 1.807) is 13.0 Å². The first-order valence-electron chi connectivity index (χ1n) is 6.97. The summed E-state index contributed by atoms with van der Waals surface area (Å²) in [6.07, 6.45) is 0. The van der Waals surface area contributed by atoms with Crippen LogP contribution >= 0.6 is 11.6 Å². The van der Waals surface area contributed by atoms with Gasteiger partial charge in [-0.2, -0.15) is 4.31 Å². The molecular formula is C14H22ClN3O2S. The molecule has 0 aromatic heterocycles. The van der Waals surface area contributed by atoms with Gasteiger partial charge in [0.15, 0.2) is 0 Å². The van der Waals surface area contributed by atoms with Crippen LogP contribution in [0.15, 0.2) is 17.0 Å². The molecule has 2 N–H and O–H groups in total. The molecule has 1 heterocycles. The number of likely N-dealkylation sites (N-methyl/N-ethyl adjacent to an activating group) is 1. The summed E-state index contributed by atoms with van der Waals surface area (Å²) in [4.78, 5) is 2.43. The summed E-state index contributed by atoms with van der Waals surface area (Å²) in [7, 11) is -1.53. The van der Waals surface area contributed by atoms with Crippen LogP contribution in [0, 0.1) is 6.92 Å². The van der Waals surface area contributed by atoms with E-state index in [0.717, 1.165) is 12.1 Å². The first-order chi connectivity index (χ1) is 9.77.